The van der Waals surface area contributed by atoms with Crippen LogP contribution in [0.5, 0.6) is 5.75 Å². The highest BCUT2D eigenvalue weighted by molar-refractivity contribution is 5.94. The first-order valence-electron chi connectivity index (χ1n) is 12.2. The number of hydrogen-bond acceptors (Lipinski definition) is 7. The molecule has 0 spiro atoms. The van der Waals surface area contributed by atoms with Gasteiger partial charge in [0, 0.05) is 61.1 Å². The number of carbonyl (C=O) groups is 1. The van der Waals surface area contributed by atoms with E-state index in [0.29, 0.717) is 17.9 Å². The molecule has 2 N–H and O–H groups in total. The Morgan fingerprint density at radius 3 is 2.57 bits per heavy atom. The minimum absolute atomic E-state index is 0.136. The van der Waals surface area contributed by atoms with Gasteiger partial charge in [-0.1, -0.05) is 19.9 Å². The van der Waals surface area contributed by atoms with Crippen LogP contribution in [0.4, 0.5) is 11.6 Å². The Morgan fingerprint density at radius 1 is 1.11 bits per heavy atom. The summed E-state index contributed by atoms with van der Waals surface area (Å²) < 4.78 is 5.66. The zero-order valence-corrected chi connectivity index (χ0v) is 21.0. The summed E-state index contributed by atoms with van der Waals surface area (Å²) in [6.07, 6.45) is 6.79. The van der Waals surface area contributed by atoms with Crippen LogP contribution in [0.15, 0.2) is 48.9 Å². The fraction of sp³-hybridized carbons (Fsp3) is 0.407. The number of ether oxygens (including phenoxy) is 1. The van der Waals surface area contributed by atoms with Gasteiger partial charge in [0.2, 0.25) is 0 Å². The first-order valence-corrected chi connectivity index (χ1v) is 12.2. The van der Waals surface area contributed by atoms with Crippen LogP contribution in [0.3, 0.4) is 0 Å². The monoisotopic (exact) mass is 474 g/mol. The molecular weight excluding hydrogens is 440 g/mol. The molecule has 0 bridgehead atoms. The fourth-order valence-electron chi connectivity index (χ4n) is 4.45. The van der Waals surface area contributed by atoms with E-state index < -0.39 is 0 Å². The SMILES string of the molecule is CC[C@](C)(CNc1cc(-c2ccc(N3CCCC3)nc2)ncn1)c1ccc(C(=O)NC)cc1OC. The summed E-state index contributed by atoms with van der Waals surface area (Å²) in [5.41, 5.74) is 3.16. The van der Waals surface area contributed by atoms with Gasteiger partial charge in [0.1, 0.15) is 23.7 Å². The Labute approximate surface area is 207 Å². The second kappa shape index (κ2) is 10.7. The van der Waals surface area contributed by atoms with Gasteiger partial charge in [0.15, 0.2) is 0 Å². The second-order valence-electron chi connectivity index (χ2n) is 9.15. The molecule has 1 saturated heterocycles. The van der Waals surface area contributed by atoms with Crippen LogP contribution in [-0.4, -0.2) is 54.7 Å². The van der Waals surface area contributed by atoms with E-state index in [1.54, 1.807) is 26.6 Å². The summed E-state index contributed by atoms with van der Waals surface area (Å²) in [6, 6.07) is 11.7. The Balaban J connectivity index is 1.50. The number of nitrogens with one attached hydrogen (secondary N) is 2. The van der Waals surface area contributed by atoms with Crippen LogP contribution in [0, 0.1) is 0 Å². The highest BCUT2D eigenvalue weighted by Crippen LogP contribution is 2.35. The Kier molecular flexibility index (Phi) is 7.48. The van der Waals surface area contributed by atoms with Gasteiger partial charge in [-0.15, -0.1) is 0 Å². The Morgan fingerprint density at radius 2 is 1.91 bits per heavy atom. The Bertz CT molecular complexity index is 1160. The van der Waals surface area contributed by atoms with E-state index in [0.717, 1.165) is 48.0 Å². The average molecular weight is 475 g/mol. The summed E-state index contributed by atoms with van der Waals surface area (Å²) in [6.45, 7) is 7.11. The molecule has 8 heteroatoms. The molecule has 8 nitrogen and oxygen atoms in total. The third kappa shape index (κ3) is 5.37. The summed E-state index contributed by atoms with van der Waals surface area (Å²) in [7, 11) is 3.26. The van der Waals surface area contributed by atoms with Crippen molar-refractivity contribution in [2.45, 2.75) is 38.5 Å². The number of carbonyl (C=O) groups excluding carboxylic acids is 1. The van der Waals surface area contributed by atoms with Crippen molar-refractivity contribution < 1.29 is 9.53 Å². The summed E-state index contributed by atoms with van der Waals surface area (Å²) >= 11 is 0. The molecule has 1 atom stereocenters. The molecule has 1 amide bonds. The van der Waals surface area contributed by atoms with E-state index in [1.165, 1.54) is 12.8 Å². The normalized spacial score (nSPS) is 14.9. The largest absolute Gasteiger partial charge is 0.496 e. The van der Waals surface area contributed by atoms with Gasteiger partial charge in [-0.3, -0.25) is 4.79 Å². The van der Waals surface area contributed by atoms with E-state index >= 15 is 0 Å². The van der Waals surface area contributed by atoms with Crippen LogP contribution in [0.1, 0.15) is 49.0 Å². The molecule has 35 heavy (non-hydrogen) atoms. The third-order valence-electron chi connectivity index (χ3n) is 6.92. The molecule has 1 aromatic carbocycles. The minimum Gasteiger partial charge on any atom is -0.496 e. The van der Waals surface area contributed by atoms with Gasteiger partial charge in [0.05, 0.1) is 12.8 Å². The van der Waals surface area contributed by atoms with E-state index in [9.17, 15) is 4.79 Å². The maximum absolute atomic E-state index is 12.1. The van der Waals surface area contributed by atoms with Crippen molar-refractivity contribution in [3.8, 4) is 17.0 Å². The van der Waals surface area contributed by atoms with Crippen LogP contribution in [-0.2, 0) is 5.41 Å². The van der Waals surface area contributed by atoms with Gasteiger partial charge >= 0.3 is 0 Å². The van der Waals surface area contributed by atoms with Crippen molar-refractivity contribution in [2.24, 2.45) is 0 Å². The lowest BCUT2D eigenvalue weighted by Crippen LogP contribution is -2.31. The van der Waals surface area contributed by atoms with Crippen molar-refractivity contribution >= 4 is 17.5 Å². The van der Waals surface area contributed by atoms with Gasteiger partial charge < -0.3 is 20.3 Å². The molecule has 1 aliphatic rings. The van der Waals surface area contributed by atoms with Crippen LogP contribution >= 0.6 is 0 Å². The first kappa shape index (κ1) is 24.4. The lowest BCUT2D eigenvalue weighted by Gasteiger charge is -2.31. The number of hydrogen-bond donors (Lipinski definition) is 2. The van der Waals surface area contributed by atoms with E-state index in [2.05, 4.69) is 56.5 Å². The molecule has 4 rings (SSSR count). The number of benzene rings is 1. The predicted octanol–water partition coefficient (Wildman–Crippen LogP) is 4.29. The standard InChI is InChI=1S/C27H34N6O2/c1-5-27(2,21-10-8-19(26(34)28-3)14-23(21)35-4)17-30-24-15-22(31-18-32-24)20-9-11-25(29-16-20)33-12-6-7-13-33/h8-11,14-16,18H,5-7,12-13,17H2,1-4H3,(H,28,34)(H,30,31,32)/t27-/m1/s1. The van der Waals surface area contributed by atoms with Crippen molar-refractivity contribution in [1.29, 1.82) is 0 Å². The van der Waals surface area contributed by atoms with Gasteiger partial charge in [-0.2, -0.15) is 0 Å². The van der Waals surface area contributed by atoms with E-state index in [-0.39, 0.29) is 11.3 Å². The third-order valence-corrected chi connectivity index (χ3v) is 6.92. The van der Waals surface area contributed by atoms with Crippen molar-refractivity contribution in [1.82, 2.24) is 20.3 Å². The number of pyridine rings is 1. The molecular formula is C27H34N6O2. The van der Waals surface area contributed by atoms with Crippen LogP contribution in [0.2, 0.25) is 0 Å². The number of aromatic nitrogens is 3. The number of rotatable bonds is 9. The zero-order chi connectivity index (χ0) is 24.8. The van der Waals surface area contributed by atoms with Gasteiger partial charge in [0.25, 0.3) is 5.91 Å². The average Bonchev–Trinajstić information content (AvgIpc) is 3.46. The Hall–Kier alpha value is -3.68. The number of amides is 1. The minimum atomic E-state index is -0.239. The molecule has 0 aliphatic carbocycles. The smallest absolute Gasteiger partial charge is 0.251 e. The second-order valence-corrected chi connectivity index (χ2v) is 9.15. The van der Waals surface area contributed by atoms with Gasteiger partial charge in [-0.05, 0) is 43.5 Å². The summed E-state index contributed by atoms with van der Waals surface area (Å²) in [5, 5.41) is 6.15. The van der Waals surface area contributed by atoms with E-state index in [1.807, 2.05) is 24.4 Å². The van der Waals surface area contributed by atoms with Crippen LogP contribution < -0.4 is 20.3 Å². The molecule has 184 valence electrons. The molecule has 0 radical (unpaired) electrons. The maximum atomic E-state index is 12.1. The molecule has 1 aliphatic heterocycles. The lowest BCUT2D eigenvalue weighted by molar-refractivity contribution is 0.0962. The highest BCUT2D eigenvalue weighted by Gasteiger charge is 2.29. The number of anilines is 2. The lowest BCUT2D eigenvalue weighted by atomic mass is 9.79. The predicted molar refractivity (Wildman–Crippen MR) is 139 cm³/mol. The molecule has 1 fully saturated rings. The fourth-order valence-corrected chi connectivity index (χ4v) is 4.45. The highest BCUT2D eigenvalue weighted by atomic mass is 16.5. The number of methoxy groups -OCH3 is 1. The molecule has 0 unspecified atom stereocenters. The van der Waals surface area contributed by atoms with Crippen LogP contribution in [0.25, 0.3) is 11.3 Å². The first-order chi connectivity index (χ1) is 17.0. The molecule has 3 aromatic rings. The molecule has 0 saturated carbocycles. The van der Waals surface area contributed by atoms with Crippen molar-refractivity contribution in [3.63, 3.8) is 0 Å². The summed E-state index contributed by atoms with van der Waals surface area (Å²) in [5.74, 6) is 2.33. The zero-order valence-electron chi connectivity index (χ0n) is 21.0. The topological polar surface area (TPSA) is 92.3 Å². The van der Waals surface area contributed by atoms with Gasteiger partial charge in [-0.25, -0.2) is 15.0 Å². The molecule has 2 aromatic heterocycles. The maximum Gasteiger partial charge on any atom is 0.251 e. The quantitative estimate of drug-likeness (QED) is 0.478. The summed E-state index contributed by atoms with van der Waals surface area (Å²) in [4.78, 5) is 27.9. The van der Waals surface area contributed by atoms with E-state index in [4.69, 9.17) is 4.74 Å². The van der Waals surface area contributed by atoms with Crippen molar-refractivity contribution in [3.05, 3.63) is 60.0 Å². The molecule has 3 heterocycles. The van der Waals surface area contributed by atoms with Crippen molar-refractivity contribution in [2.75, 3.05) is 44.0 Å². The number of nitrogens with zero attached hydrogens (tertiary/aromatic N) is 4.